The fraction of sp³-hybridized carbons (Fsp3) is 0.524. The molecule has 0 atom stereocenters. The first-order valence-electron chi connectivity index (χ1n) is 9.33. The molecule has 0 unspecified atom stereocenters. The maximum absolute atomic E-state index is 12.2. The van der Waals surface area contributed by atoms with Gasteiger partial charge in [-0.2, -0.15) is 0 Å². The van der Waals surface area contributed by atoms with E-state index in [1.807, 2.05) is 12.4 Å². The summed E-state index contributed by atoms with van der Waals surface area (Å²) in [6.45, 7) is -0.295. The monoisotopic (exact) mass is 360 g/mol. The number of benzene rings is 1. The van der Waals surface area contributed by atoms with Crippen molar-refractivity contribution in [2.45, 2.75) is 50.9 Å². The lowest BCUT2D eigenvalue weighted by atomic mass is 9.78. The summed E-state index contributed by atoms with van der Waals surface area (Å²) in [6.07, 6.45) is 11.1. The summed E-state index contributed by atoms with van der Waals surface area (Å²) in [7, 11) is 0. The van der Waals surface area contributed by atoms with E-state index in [1.165, 1.54) is 31.2 Å². The molecule has 1 saturated carbocycles. The van der Waals surface area contributed by atoms with Crippen molar-refractivity contribution < 1.29 is 4.39 Å². The molecule has 1 aromatic carbocycles. The number of aromatic nitrogens is 2. The van der Waals surface area contributed by atoms with Crippen molar-refractivity contribution in [1.29, 1.82) is 0 Å². The number of nitrogens with zero attached hydrogens (tertiary/aromatic N) is 2. The normalized spacial score (nSPS) is 20.6. The van der Waals surface area contributed by atoms with Crippen LogP contribution in [-0.4, -0.2) is 22.5 Å². The van der Waals surface area contributed by atoms with Crippen molar-refractivity contribution in [2.24, 2.45) is 5.92 Å². The van der Waals surface area contributed by atoms with E-state index in [1.54, 1.807) is 0 Å². The molecule has 0 N–H and O–H groups in total. The molecule has 0 radical (unpaired) electrons. The number of aryl methyl sites for hydroxylation is 1. The van der Waals surface area contributed by atoms with Gasteiger partial charge in [0.1, 0.15) is 0 Å². The van der Waals surface area contributed by atoms with Gasteiger partial charge in [0.2, 0.25) is 0 Å². The SMILES string of the molecule is FCCCc1cnc(-c2ccc(C3CCC(CCCl)CC3)cc2)nc1. The highest BCUT2D eigenvalue weighted by Gasteiger charge is 2.21. The van der Waals surface area contributed by atoms with Crippen LogP contribution in [0.4, 0.5) is 4.39 Å². The zero-order valence-corrected chi connectivity index (χ0v) is 15.4. The summed E-state index contributed by atoms with van der Waals surface area (Å²) < 4.78 is 12.2. The molecule has 0 spiro atoms. The van der Waals surface area contributed by atoms with Crippen LogP contribution >= 0.6 is 11.6 Å². The van der Waals surface area contributed by atoms with Gasteiger partial charge in [0, 0.05) is 23.8 Å². The fourth-order valence-electron chi connectivity index (χ4n) is 3.75. The zero-order chi connectivity index (χ0) is 17.5. The van der Waals surface area contributed by atoms with Gasteiger partial charge in [-0.15, -0.1) is 11.6 Å². The van der Waals surface area contributed by atoms with E-state index in [-0.39, 0.29) is 6.67 Å². The van der Waals surface area contributed by atoms with Crippen LogP contribution in [0.1, 0.15) is 55.6 Å². The van der Waals surface area contributed by atoms with Crippen LogP contribution in [0.25, 0.3) is 11.4 Å². The molecule has 0 bridgehead atoms. The minimum atomic E-state index is -0.295. The summed E-state index contributed by atoms with van der Waals surface area (Å²) in [6, 6.07) is 8.69. The van der Waals surface area contributed by atoms with Crippen LogP contribution in [0.3, 0.4) is 0 Å². The average Bonchev–Trinajstić information content (AvgIpc) is 2.68. The molecule has 1 heterocycles. The predicted octanol–water partition coefficient (Wildman–Crippen LogP) is 5.95. The Kier molecular flexibility index (Phi) is 6.80. The fourth-order valence-corrected chi connectivity index (χ4v) is 4.06. The van der Waals surface area contributed by atoms with Gasteiger partial charge >= 0.3 is 0 Å². The highest BCUT2D eigenvalue weighted by molar-refractivity contribution is 6.17. The van der Waals surface area contributed by atoms with Crippen LogP contribution in [0.15, 0.2) is 36.7 Å². The van der Waals surface area contributed by atoms with Gasteiger partial charge < -0.3 is 0 Å². The van der Waals surface area contributed by atoms with E-state index in [9.17, 15) is 4.39 Å². The van der Waals surface area contributed by atoms with Gasteiger partial charge in [-0.05, 0) is 67.9 Å². The van der Waals surface area contributed by atoms with Crippen LogP contribution in [0.2, 0.25) is 0 Å². The van der Waals surface area contributed by atoms with Crippen LogP contribution in [-0.2, 0) is 6.42 Å². The zero-order valence-electron chi connectivity index (χ0n) is 14.6. The second-order valence-corrected chi connectivity index (χ2v) is 7.40. The third-order valence-corrected chi connectivity index (χ3v) is 5.53. The van der Waals surface area contributed by atoms with Gasteiger partial charge in [0.05, 0.1) is 6.67 Å². The Hall–Kier alpha value is -1.48. The molecule has 0 aliphatic heterocycles. The smallest absolute Gasteiger partial charge is 0.159 e. The van der Waals surface area contributed by atoms with Gasteiger partial charge in [-0.25, -0.2) is 9.97 Å². The highest BCUT2D eigenvalue weighted by Crippen LogP contribution is 2.37. The first-order valence-corrected chi connectivity index (χ1v) is 9.86. The van der Waals surface area contributed by atoms with Crippen LogP contribution < -0.4 is 0 Å². The number of hydrogen-bond donors (Lipinski definition) is 0. The molecule has 0 amide bonds. The molecule has 1 fully saturated rings. The average molecular weight is 361 g/mol. The standard InChI is InChI=1S/C21H26ClFN2/c22-12-11-16-3-5-18(6-4-16)19-7-9-20(10-8-19)21-24-14-17(15-25-21)2-1-13-23/h7-10,14-16,18H,1-6,11-13H2. The van der Waals surface area contributed by atoms with Crippen molar-refractivity contribution in [3.63, 3.8) is 0 Å². The van der Waals surface area contributed by atoms with Gasteiger partial charge in [0.15, 0.2) is 5.82 Å². The third-order valence-electron chi connectivity index (χ3n) is 5.31. The van der Waals surface area contributed by atoms with Crippen molar-refractivity contribution >= 4 is 11.6 Å². The summed E-state index contributed by atoms with van der Waals surface area (Å²) in [5.41, 5.74) is 3.45. The van der Waals surface area contributed by atoms with Crippen LogP contribution in [0.5, 0.6) is 0 Å². The van der Waals surface area contributed by atoms with Gasteiger partial charge in [-0.1, -0.05) is 24.3 Å². The Morgan fingerprint density at radius 1 is 1.00 bits per heavy atom. The van der Waals surface area contributed by atoms with E-state index in [4.69, 9.17) is 11.6 Å². The summed E-state index contributed by atoms with van der Waals surface area (Å²) in [4.78, 5) is 8.86. The Bertz CT molecular complexity index is 634. The maximum Gasteiger partial charge on any atom is 0.159 e. The van der Waals surface area contributed by atoms with Crippen molar-refractivity contribution in [1.82, 2.24) is 9.97 Å². The second-order valence-electron chi connectivity index (χ2n) is 7.02. The molecule has 134 valence electrons. The Morgan fingerprint density at radius 2 is 1.68 bits per heavy atom. The van der Waals surface area contributed by atoms with E-state index in [0.717, 1.165) is 35.2 Å². The quantitative estimate of drug-likeness (QED) is 0.570. The minimum absolute atomic E-state index is 0.295. The molecule has 2 nitrogen and oxygen atoms in total. The maximum atomic E-state index is 12.2. The van der Waals surface area contributed by atoms with E-state index in [0.29, 0.717) is 18.8 Å². The summed E-state index contributed by atoms with van der Waals surface area (Å²) in [5, 5.41) is 0. The Labute approximate surface area is 154 Å². The lowest BCUT2D eigenvalue weighted by molar-refractivity contribution is 0.320. The van der Waals surface area contributed by atoms with E-state index < -0.39 is 0 Å². The number of rotatable bonds is 7. The van der Waals surface area contributed by atoms with Crippen molar-refractivity contribution in [2.75, 3.05) is 12.6 Å². The number of alkyl halides is 2. The molecule has 1 aromatic heterocycles. The third kappa shape index (κ3) is 5.01. The molecular weight excluding hydrogens is 335 g/mol. The molecule has 25 heavy (non-hydrogen) atoms. The first-order chi connectivity index (χ1) is 12.3. The van der Waals surface area contributed by atoms with Gasteiger partial charge in [-0.3, -0.25) is 4.39 Å². The highest BCUT2D eigenvalue weighted by atomic mass is 35.5. The first kappa shape index (κ1) is 18.3. The molecule has 1 aliphatic rings. The molecule has 1 aliphatic carbocycles. The van der Waals surface area contributed by atoms with E-state index in [2.05, 4.69) is 34.2 Å². The van der Waals surface area contributed by atoms with Crippen LogP contribution in [0, 0.1) is 5.92 Å². The summed E-state index contributed by atoms with van der Waals surface area (Å²) in [5.74, 6) is 3.01. The lowest BCUT2D eigenvalue weighted by Crippen LogP contribution is -2.13. The lowest BCUT2D eigenvalue weighted by Gasteiger charge is -2.28. The summed E-state index contributed by atoms with van der Waals surface area (Å²) >= 11 is 5.87. The minimum Gasteiger partial charge on any atom is -0.251 e. The van der Waals surface area contributed by atoms with Gasteiger partial charge in [0.25, 0.3) is 0 Å². The molecule has 2 aromatic rings. The molecule has 0 saturated heterocycles. The molecule has 3 rings (SSSR count). The molecule has 4 heteroatoms. The van der Waals surface area contributed by atoms with Crippen molar-refractivity contribution in [3.8, 4) is 11.4 Å². The Balaban J connectivity index is 1.60. The molecular formula is C21H26ClFN2. The largest absolute Gasteiger partial charge is 0.251 e. The number of halogens is 2. The topological polar surface area (TPSA) is 25.8 Å². The van der Waals surface area contributed by atoms with E-state index >= 15 is 0 Å². The predicted molar refractivity (Wildman–Crippen MR) is 102 cm³/mol. The Morgan fingerprint density at radius 3 is 2.28 bits per heavy atom. The van der Waals surface area contributed by atoms with Crippen molar-refractivity contribution in [3.05, 3.63) is 47.8 Å². The number of hydrogen-bond acceptors (Lipinski definition) is 2. The second kappa shape index (κ2) is 9.28.